The lowest BCUT2D eigenvalue weighted by Gasteiger charge is -2.14. The van der Waals surface area contributed by atoms with Crippen LogP contribution in [0.15, 0.2) is 36.4 Å². The number of nitrogens with one attached hydrogen (secondary N) is 1. The fraction of sp³-hybridized carbons (Fsp3) is 0.263. The molecule has 1 N–H and O–H groups in total. The molecule has 2 nitrogen and oxygen atoms in total. The van der Waals surface area contributed by atoms with Crippen molar-refractivity contribution in [2.24, 2.45) is 0 Å². The van der Waals surface area contributed by atoms with Crippen LogP contribution in [0.1, 0.15) is 29.2 Å². The highest BCUT2D eigenvalue weighted by atomic mass is 19.2. The van der Waals surface area contributed by atoms with Gasteiger partial charge in [0.05, 0.1) is 6.54 Å². The van der Waals surface area contributed by atoms with Gasteiger partial charge in [-0.05, 0) is 47.7 Å². The van der Waals surface area contributed by atoms with Gasteiger partial charge in [0, 0.05) is 6.04 Å². The van der Waals surface area contributed by atoms with E-state index in [2.05, 4.69) is 17.3 Å². The molecule has 1 aliphatic rings. The second kappa shape index (κ2) is 6.80. The number of hydrogen-bond acceptors (Lipinski definition) is 2. The summed E-state index contributed by atoms with van der Waals surface area (Å²) in [6, 6.07) is 9.96. The van der Waals surface area contributed by atoms with Crippen LogP contribution in [0.5, 0.6) is 5.75 Å². The monoisotopic (exact) mass is 313 g/mol. The van der Waals surface area contributed by atoms with E-state index in [-0.39, 0.29) is 12.6 Å². The standard InChI is InChI=1S/C19H17F2NO/c1-2-10-22-18-9-7-15-14(18)4-3-5-19(15)23-12-13-6-8-16(20)17(21)11-13/h1,3-6,8,11,18,22H,7,9-10,12H2. The highest BCUT2D eigenvalue weighted by Crippen LogP contribution is 2.37. The summed E-state index contributed by atoms with van der Waals surface area (Å²) < 4.78 is 32.0. The summed E-state index contributed by atoms with van der Waals surface area (Å²) in [7, 11) is 0. The molecule has 2 aromatic carbocycles. The maximum absolute atomic E-state index is 13.2. The molecule has 0 bridgehead atoms. The molecule has 2 aromatic rings. The molecule has 118 valence electrons. The average molecular weight is 313 g/mol. The fourth-order valence-corrected chi connectivity index (χ4v) is 2.94. The Morgan fingerprint density at radius 3 is 2.87 bits per heavy atom. The maximum Gasteiger partial charge on any atom is 0.159 e. The van der Waals surface area contributed by atoms with Gasteiger partial charge in [0.2, 0.25) is 0 Å². The normalized spacial score (nSPS) is 16.0. The van der Waals surface area contributed by atoms with Crippen LogP contribution in [0.3, 0.4) is 0 Å². The largest absolute Gasteiger partial charge is 0.489 e. The zero-order chi connectivity index (χ0) is 16.2. The third-order valence-electron chi connectivity index (χ3n) is 4.06. The number of halogens is 2. The molecule has 0 saturated heterocycles. The Morgan fingerprint density at radius 1 is 1.22 bits per heavy atom. The van der Waals surface area contributed by atoms with E-state index in [1.165, 1.54) is 11.6 Å². The summed E-state index contributed by atoms with van der Waals surface area (Å²) >= 11 is 0. The summed E-state index contributed by atoms with van der Waals surface area (Å²) in [5.41, 5.74) is 2.95. The van der Waals surface area contributed by atoms with Gasteiger partial charge in [0.25, 0.3) is 0 Å². The second-order valence-corrected chi connectivity index (χ2v) is 5.54. The van der Waals surface area contributed by atoms with Crippen molar-refractivity contribution in [3.63, 3.8) is 0 Å². The summed E-state index contributed by atoms with van der Waals surface area (Å²) in [4.78, 5) is 0. The molecule has 4 heteroatoms. The molecule has 0 aliphatic heterocycles. The van der Waals surface area contributed by atoms with Gasteiger partial charge in [0.1, 0.15) is 12.4 Å². The van der Waals surface area contributed by atoms with Crippen molar-refractivity contribution >= 4 is 0 Å². The molecule has 0 fully saturated rings. The summed E-state index contributed by atoms with van der Waals surface area (Å²) in [6.07, 6.45) is 7.18. The number of benzene rings is 2. The molecule has 0 spiro atoms. The lowest BCUT2D eigenvalue weighted by molar-refractivity contribution is 0.302. The zero-order valence-corrected chi connectivity index (χ0v) is 12.6. The van der Waals surface area contributed by atoms with Crippen molar-refractivity contribution in [2.75, 3.05) is 6.54 Å². The number of ether oxygens (including phenoxy) is 1. The van der Waals surface area contributed by atoms with Gasteiger partial charge in [-0.3, -0.25) is 5.32 Å². The molecule has 23 heavy (non-hydrogen) atoms. The lowest BCUT2D eigenvalue weighted by atomic mass is 10.1. The molecule has 0 aromatic heterocycles. The van der Waals surface area contributed by atoms with Gasteiger partial charge in [0.15, 0.2) is 11.6 Å². The Hall–Kier alpha value is -2.38. The van der Waals surface area contributed by atoms with Crippen molar-refractivity contribution < 1.29 is 13.5 Å². The van der Waals surface area contributed by atoms with Crippen molar-refractivity contribution in [3.8, 4) is 18.1 Å². The molecule has 0 saturated carbocycles. The number of fused-ring (bicyclic) bond motifs is 1. The summed E-state index contributed by atoms with van der Waals surface area (Å²) in [5.74, 6) is 1.67. The van der Waals surface area contributed by atoms with Crippen LogP contribution in [0.25, 0.3) is 0 Å². The lowest BCUT2D eigenvalue weighted by Crippen LogP contribution is -2.19. The Morgan fingerprint density at radius 2 is 2.09 bits per heavy atom. The SMILES string of the molecule is C#CCNC1CCc2c(OCc3ccc(F)c(F)c3)cccc21. The van der Waals surface area contributed by atoms with Gasteiger partial charge in [-0.1, -0.05) is 24.1 Å². The minimum Gasteiger partial charge on any atom is -0.489 e. The van der Waals surface area contributed by atoms with Crippen LogP contribution >= 0.6 is 0 Å². The predicted octanol–water partition coefficient (Wildman–Crippen LogP) is 3.75. The van der Waals surface area contributed by atoms with E-state index in [1.807, 2.05) is 12.1 Å². The van der Waals surface area contributed by atoms with E-state index in [0.29, 0.717) is 12.1 Å². The van der Waals surface area contributed by atoms with E-state index < -0.39 is 11.6 Å². The summed E-state index contributed by atoms with van der Waals surface area (Å²) in [5, 5.41) is 3.32. The van der Waals surface area contributed by atoms with Gasteiger partial charge in [-0.2, -0.15) is 0 Å². The number of hydrogen-bond donors (Lipinski definition) is 1. The molecule has 0 heterocycles. The first-order chi connectivity index (χ1) is 11.2. The van der Waals surface area contributed by atoms with Crippen molar-refractivity contribution in [1.82, 2.24) is 5.32 Å². The molecular formula is C19H17F2NO. The average Bonchev–Trinajstić information content (AvgIpc) is 2.98. The first-order valence-electron chi connectivity index (χ1n) is 7.54. The smallest absolute Gasteiger partial charge is 0.159 e. The highest BCUT2D eigenvalue weighted by Gasteiger charge is 2.24. The molecule has 1 aliphatic carbocycles. The van der Waals surface area contributed by atoms with E-state index in [0.717, 1.165) is 36.3 Å². The van der Waals surface area contributed by atoms with Crippen molar-refractivity contribution in [3.05, 3.63) is 64.7 Å². The van der Waals surface area contributed by atoms with E-state index in [1.54, 1.807) is 0 Å². The fourth-order valence-electron chi connectivity index (χ4n) is 2.94. The Bertz CT molecular complexity index is 752. The third kappa shape index (κ3) is 3.35. The minimum atomic E-state index is -0.858. The molecule has 0 radical (unpaired) electrons. The Labute approximate surface area is 134 Å². The first kappa shape index (κ1) is 15.5. The zero-order valence-electron chi connectivity index (χ0n) is 12.6. The van der Waals surface area contributed by atoms with E-state index >= 15 is 0 Å². The molecule has 1 atom stereocenters. The van der Waals surface area contributed by atoms with Gasteiger partial charge < -0.3 is 4.74 Å². The van der Waals surface area contributed by atoms with Crippen LogP contribution < -0.4 is 10.1 Å². The Balaban J connectivity index is 1.73. The van der Waals surface area contributed by atoms with Crippen molar-refractivity contribution in [2.45, 2.75) is 25.5 Å². The molecular weight excluding hydrogens is 296 g/mol. The van der Waals surface area contributed by atoms with Gasteiger partial charge >= 0.3 is 0 Å². The minimum absolute atomic E-state index is 0.204. The Kier molecular flexibility index (Phi) is 4.59. The van der Waals surface area contributed by atoms with Crippen LogP contribution in [0, 0.1) is 24.0 Å². The third-order valence-corrected chi connectivity index (χ3v) is 4.06. The van der Waals surface area contributed by atoms with Crippen LogP contribution in [-0.2, 0) is 13.0 Å². The number of terminal acetylenes is 1. The first-order valence-corrected chi connectivity index (χ1v) is 7.54. The van der Waals surface area contributed by atoms with Crippen LogP contribution in [0.4, 0.5) is 8.78 Å². The number of rotatable bonds is 5. The van der Waals surface area contributed by atoms with Crippen molar-refractivity contribution in [1.29, 1.82) is 0 Å². The highest BCUT2D eigenvalue weighted by molar-refractivity contribution is 5.45. The van der Waals surface area contributed by atoms with E-state index in [9.17, 15) is 8.78 Å². The predicted molar refractivity (Wildman–Crippen MR) is 85.0 cm³/mol. The topological polar surface area (TPSA) is 21.3 Å². The molecule has 1 unspecified atom stereocenters. The quantitative estimate of drug-likeness (QED) is 0.849. The second-order valence-electron chi connectivity index (χ2n) is 5.54. The van der Waals surface area contributed by atoms with E-state index in [4.69, 9.17) is 11.2 Å². The van der Waals surface area contributed by atoms with Gasteiger partial charge in [-0.15, -0.1) is 6.42 Å². The maximum atomic E-state index is 13.2. The van der Waals surface area contributed by atoms with Crippen LogP contribution in [0.2, 0.25) is 0 Å². The van der Waals surface area contributed by atoms with Gasteiger partial charge in [-0.25, -0.2) is 8.78 Å². The molecule has 3 rings (SSSR count). The molecule has 0 amide bonds. The van der Waals surface area contributed by atoms with Crippen LogP contribution in [-0.4, -0.2) is 6.54 Å². The summed E-state index contributed by atoms with van der Waals surface area (Å²) in [6.45, 7) is 0.736.